The van der Waals surface area contributed by atoms with Gasteiger partial charge in [-0.25, -0.2) is 4.98 Å². The fourth-order valence-corrected chi connectivity index (χ4v) is 2.26. The predicted octanol–water partition coefficient (Wildman–Crippen LogP) is 1.90. The maximum Gasteiger partial charge on any atom is 0.292 e. The van der Waals surface area contributed by atoms with E-state index in [1.54, 1.807) is 19.1 Å². The van der Waals surface area contributed by atoms with Crippen molar-refractivity contribution < 1.29 is 4.92 Å². The van der Waals surface area contributed by atoms with Gasteiger partial charge in [0.05, 0.1) is 4.92 Å². The third-order valence-electron chi connectivity index (χ3n) is 2.30. The molecule has 18 heavy (non-hydrogen) atoms. The SMILES string of the molecule is Cc1nc(SCc2cccc([N+](=O)[O-])c2N)n[nH]1. The lowest BCUT2D eigenvalue weighted by molar-refractivity contribution is -0.383. The van der Waals surface area contributed by atoms with Crippen LogP contribution in [-0.2, 0) is 5.75 Å². The quantitative estimate of drug-likeness (QED) is 0.378. The van der Waals surface area contributed by atoms with Gasteiger partial charge in [0.2, 0.25) is 5.16 Å². The van der Waals surface area contributed by atoms with E-state index in [1.165, 1.54) is 17.8 Å². The lowest BCUT2D eigenvalue weighted by Gasteiger charge is -2.03. The zero-order chi connectivity index (χ0) is 13.1. The van der Waals surface area contributed by atoms with E-state index in [0.29, 0.717) is 16.5 Å². The summed E-state index contributed by atoms with van der Waals surface area (Å²) in [7, 11) is 0. The lowest BCUT2D eigenvalue weighted by atomic mass is 10.2. The summed E-state index contributed by atoms with van der Waals surface area (Å²) in [4.78, 5) is 14.4. The number of benzene rings is 1. The Balaban J connectivity index is 2.14. The highest BCUT2D eigenvalue weighted by atomic mass is 32.2. The van der Waals surface area contributed by atoms with E-state index < -0.39 is 4.92 Å². The van der Waals surface area contributed by atoms with Crippen LogP contribution in [0.1, 0.15) is 11.4 Å². The third-order valence-corrected chi connectivity index (χ3v) is 3.20. The summed E-state index contributed by atoms with van der Waals surface area (Å²) in [6.07, 6.45) is 0. The van der Waals surface area contributed by atoms with Gasteiger partial charge in [0.1, 0.15) is 11.5 Å². The van der Waals surface area contributed by atoms with Crippen molar-refractivity contribution in [2.75, 3.05) is 5.73 Å². The smallest absolute Gasteiger partial charge is 0.292 e. The number of H-pyrrole nitrogens is 1. The molecule has 0 amide bonds. The number of nitrogens with one attached hydrogen (secondary N) is 1. The fraction of sp³-hybridized carbons (Fsp3) is 0.200. The summed E-state index contributed by atoms with van der Waals surface area (Å²) in [5.41, 5.74) is 6.58. The molecule has 1 heterocycles. The minimum Gasteiger partial charge on any atom is -0.393 e. The first-order valence-corrected chi connectivity index (χ1v) is 6.10. The average Bonchev–Trinajstić information content (AvgIpc) is 2.73. The molecule has 0 bridgehead atoms. The van der Waals surface area contributed by atoms with Crippen molar-refractivity contribution in [3.63, 3.8) is 0 Å². The first-order valence-electron chi connectivity index (χ1n) is 5.11. The number of nitrogens with two attached hydrogens (primary N) is 1. The topological polar surface area (TPSA) is 111 Å². The summed E-state index contributed by atoms with van der Waals surface area (Å²) in [5, 5.41) is 18.0. The van der Waals surface area contributed by atoms with Crippen LogP contribution in [0.25, 0.3) is 0 Å². The number of aryl methyl sites for hydroxylation is 1. The molecular weight excluding hydrogens is 254 g/mol. The number of para-hydroxylation sites is 1. The fourth-order valence-electron chi connectivity index (χ4n) is 1.41. The largest absolute Gasteiger partial charge is 0.393 e. The molecule has 0 aliphatic heterocycles. The molecule has 1 aromatic heterocycles. The molecule has 0 saturated heterocycles. The van der Waals surface area contributed by atoms with Gasteiger partial charge in [0.25, 0.3) is 5.69 Å². The monoisotopic (exact) mass is 265 g/mol. The molecule has 0 fully saturated rings. The van der Waals surface area contributed by atoms with E-state index in [9.17, 15) is 10.1 Å². The first kappa shape index (κ1) is 12.4. The number of aromatic amines is 1. The number of aromatic nitrogens is 3. The lowest BCUT2D eigenvalue weighted by Crippen LogP contribution is -1.99. The molecule has 1 aromatic carbocycles. The number of thioether (sulfide) groups is 1. The van der Waals surface area contributed by atoms with Gasteiger partial charge in [-0.05, 0) is 12.5 Å². The Morgan fingerprint density at radius 1 is 1.56 bits per heavy atom. The van der Waals surface area contributed by atoms with E-state index in [4.69, 9.17) is 5.73 Å². The van der Waals surface area contributed by atoms with E-state index in [2.05, 4.69) is 15.2 Å². The van der Waals surface area contributed by atoms with Crippen LogP contribution in [0.2, 0.25) is 0 Å². The number of nitro benzene ring substituents is 1. The van der Waals surface area contributed by atoms with Crippen LogP contribution in [0.5, 0.6) is 0 Å². The number of hydrogen-bond acceptors (Lipinski definition) is 6. The van der Waals surface area contributed by atoms with Crippen LogP contribution in [0, 0.1) is 17.0 Å². The zero-order valence-electron chi connectivity index (χ0n) is 9.58. The molecular formula is C10H11N5O2S. The molecule has 0 saturated carbocycles. The number of nitrogen functional groups attached to an aromatic ring is 1. The highest BCUT2D eigenvalue weighted by Gasteiger charge is 2.14. The van der Waals surface area contributed by atoms with Crippen LogP contribution in [0.3, 0.4) is 0 Å². The van der Waals surface area contributed by atoms with E-state index in [0.717, 1.165) is 5.82 Å². The zero-order valence-corrected chi connectivity index (χ0v) is 10.4. The van der Waals surface area contributed by atoms with Crippen LogP contribution >= 0.6 is 11.8 Å². The molecule has 0 spiro atoms. The number of nitrogens with zero attached hydrogens (tertiary/aromatic N) is 3. The first-order chi connectivity index (χ1) is 8.58. The maximum atomic E-state index is 10.7. The Morgan fingerprint density at radius 2 is 2.33 bits per heavy atom. The molecule has 0 atom stereocenters. The van der Waals surface area contributed by atoms with Crippen molar-refractivity contribution in [2.24, 2.45) is 0 Å². The van der Waals surface area contributed by atoms with Gasteiger partial charge in [-0.15, -0.1) is 5.10 Å². The van der Waals surface area contributed by atoms with Gasteiger partial charge < -0.3 is 5.73 Å². The molecule has 2 aromatic rings. The Kier molecular flexibility index (Phi) is 3.47. The van der Waals surface area contributed by atoms with Crippen molar-refractivity contribution >= 4 is 23.1 Å². The second-order valence-corrected chi connectivity index (χ2v) is 4.54. The molecule has 0 aliphatic rings. The Morgan fingerprint density at radius 3 is 2.94 bits per heavy atom. The summed E-state index contributed by atoms with van der Waals surface area (Å²) in [5.74, 6) is 1.22. The van der Waals surface area contributed by atoms with Gasteiger partial charge in [0, 0.05) is 11.8 Å². The Bertz CT molecular complexity index is 583. The summed E-state index contributed by atoms with van der Waals surface area (Å²) >= 11 is 1.37. The van der Waals surface area contributed by atoms with Gasteiger partial charge >= 0.3 is 0 Å². The minimum absolute atomic E-state index is 0.0701. The summed E-state index contributed by atoms with van der Waals surface area (Å²) in [6.45, 7) is 1.80. The normalized spacial score (nSPS) is 10.5. The number of rotatable bonds is 4. The Hall–Kier alpha value is -2.09. The molecule has 94 valence electrons. The molecule has 2 rings (SSSR count). The van der Waals surface area contributed by atoms with Crippen LogP contribution in [0.15, 0.2) is 23.4 Å². The van der Waals surface area contributed by atoms with E-state index in [1.807, 2.05) is 0 Å². The van der Waals surface area contributed by atoms with Crippen molar-refractivity contribution in [1.29, 1.82) is 0 Å². The highest BCUT2D eigenvalue weighted by molar-refractivity contribution is 7.98. The standard InChI is InChI=1S/C10H11N5O2S/c1-6-12-10(14-13-6)18-5-7-3-2-4-8(9(7)11)15(16)17/h2-4H,5,11H2,1H3,(H,12,13,14). The van der Waals surface area contributed by atoms with E-state index in [-0.39, 0.29) is 11.4 Å². The molecule has 0 unspecified atom stereocenters. The summed E-state index contributed by atoms with van der Waals surface area (Å²) < 4.78 is 0. The van der Waals surface area contributed by atoms with Crippen molar-refractivity contribution in [1.82, 2.24) is 15.2 Å². The van der Waals surface area contributed by atoms with Crippen LogP contribution in [-0.4, -0.2) is 20.1 Å². The van der Waals surface area contributed by atoms with Gasteiger partial charge in [0.15, 0.2) is 0 Å². The second kappa shape index (κ2) is 5.05. The number of hydrogen-bond donors (Lipinski definition) is 2. The number of anilines is 1. The van der Waals surface area contributed by atoms with Gasteiger partial charge in [-0.2, -0.15) is 0 Å². The molecule has 7 nitrogen and oxygen atoms in total. The van der Waals surface area contributed by atoms with Crippen molar-refractivity contribution in [3.05, 3.63) is 39.7 Å². The molecule has 8 heteroatoms. The van der Waals surface area contributed by atoms with Crippen LogP contribution in [0.4, 0.5) is 11.4 Å². The average molecular weight is 265 g/mol. The maximum absolute atomic E-state index is 10.7. The van der Waals surface area contributed by atoms with Gasteiger partial charge in [-0.3, -0.25) is 15.2 Å². The molecule has 3 N–H and O–H groups in total. The number of nitro groups is 1. The minimum atomic E-state index is -0.486. The highest BCUT2D eigenvalue weighted by Crippen LogP contribution is 2.29. The summed E-state index contributed by atoms with van der Waals surface area (Å²) in [6, 6.07) is 4.77. The van der Waals surface area contributed by atoms with Crippen molar-refractivity contribution in [3.8, 4) is 0 Å². The van der Waals surface area contributed by atoms with Crippen molar-refractivity contribution in [2.45, 2.75) is 17.8 Å². The molecule has 0 aliphatic carbocycles. The van der Waals surface area contributed by atoms with E-state index >= 15 is 0 Å². The van der Waals surface area contributed by atoms with Crippen LogP contribution < -0.4 is 5.73 Å². The van der Waals surface area contributed by atoms with Gasteiger partial charge in [-0.1, -0.05) is 23.9 Å². The molecule has 0 radical (unpaired) electrons. The third kappa shape index (κ3) is 2.59. The predicted molar refractivity (Wildman–Crippen MR) is 68.2 cm³/mol. The Labute approximate surface area is 107 Å². The second-order valence-electron chi connectivity index (χ2n) is 3.60.